The molecule has 0 aliphatic heterocycles. The smallest absolute Gasteiger partial charge is 0.360 e. The van der Waals surface area contributed by atoms with E-state index in [2.05, 4.69) is 25.9 Å². The van der Waals surface area contributed by atoms with Crippen molar-refractivity contribution in [2.75, 3.05) is 0 Å². The second-order valence-electron chi connectivity index (χ2n) is 3.00. The Morgan fingerprint density at radius 2 is 2.19 bits per heavy atom. The summed E-state index contributed by atoms with van der Waals surface area (Å²) >= 11 is 9.02. The van der Waals surface area contributed by atoms with Crippen LogP contribution in [0.2, 0.25) is 5.02 Å². The van der Waals surface area contributed by atoms with Gasteiger partial charge < -0.3 is 10.1 Å². The van der Waals surface area contributed by atoms with Gasteiger partial charge in [0, 0.05) is 4.47 Å². The van der Waals surface area contributed by atoms with Crippen LogP contribution in [0.15, 0.2) is 21.4 Å². The van der Waals surface area contributed by atoms with Crippen LogP contribution in [0, 0.1) is 0 Å². The number of carboxylic acids is 1. The number of aromatic nitrogens is 2. The van der Waals surface area contributed by atoms with Crippen molar-refractivity contribution in [3.05, 3.63) is 37.7 Å². The summed E-state index contributed by atoms with van der Waals surface area (Å²) < 4.78 is 0.599. The Labute approximate surface area is 102 Å². The number of hydrogen-bond acceptors (Lipinski definition) is 3. The molecule has 0 saturated carbocycles. The number of benzene rings is 1. The van der Waals surface area contributed by atoms with Gasteiger partial charge in [-0.15, -0.1) is 0 Å². The number of carbonyl (C=O) groups is 1. The van der Waals surface area contributed by atoms with E-state index in [1.165, 1.54) is 6.07 Å². The van der Waals surface area contributed by atoms with Crippen LogP contribution in [-0.4, -0.2) is 21.0 Å². The number of nitrogens with zero attached hydrogens (tertiary/aromatic N) is 1. The van der Waals surface area contributed by atoms with E-state index < -0.39 is 17.2 Å². The Kier molecular flexibility index (Phi) is 2.69. The van der Waals surface area contributed by atoms with Crippen molar-refractivity contribution in [2.45, 2.75) is 0 Å². The third-order valence-electron chi connectivity index (χ3n) is 1.94. The summed E-state index contributed by atoms with van der Waals surface area (Å²) in [7, 11) is 0. The molecule has 0 amide bonds. The molecule has 1 aromatic carbocycles. The van der Waals surface area contributed by atoms with E-state index in [0.29, 0.717) is 20.5 Å². The largest absolute Gasteiger partial charge is 0.476 e. The third-order valence-corrected chi connectivity index (χ3v) is 3.13. The van der Waals surface area contributed by atoms with Crippen molar-refractivity contribution in [1.29, 1.82) is 0 Å². The molecular formula is C9H4BrClN2O3. The number of hydrogen-bond donors (Lipinski definition) is 2. The minimum Gasteiger partial charge on any atom is -0.476 e. The van der Waals surface area contributed by atoms with Gasteiger partial charge in [0.05, 0.1) is 16.1 Å². The molecule has 16 heavy (non-hydrogen) atoms. The van der Waals surface area contributed by atoms with E-state index in [4.69, 9.17) is 16.7 Å². The van der Waals surface area contributed by atoms with Gasteiger partial charge in [-0.1, -0.05) is 11.6 Å². The summed E-state index contributed by atoms with van der Waals surface area (Å²) in [6.07, 6.45) is 0. The lowest BCUT2D eigenvalue weighted by molar-refractivity contribution is 0.0689. The van der Waals surface area contributed by atoms with Gasteiger partial charge in [-0.3, -0.25) is 4.79 Å². The molecule has 0 fully saturated rings. The number of halogens is 2. The summed E-state index contributed by atoms with van der Waals surface area (Å²) in [5.41, 5.74) is -0.545. The van der Waals surface area contributed by atoms with Gasteiger partial charge in [0.1, 0.15) is 0 Å². The van der Waals surface area contributed by atoms with E-state index in [1.54, 1.807) is 6.07 Å². The van der Waals surface area contributed by atoms with Gasteiger partial charge in [0.15, 0.2) is 0 Å². The van der Waals surface area contributed by atoms with Crippen LogP contribution in [0.5, 0.6) is 0 Å². The number of fused-ring (bicyclic) bond motifs is 1. The molecule has 5 nitrogen and oxygen atoms in total. The average molecular weight is 303 g/mol. The fraction of sp³-hybridized carbons (Fsp3) is 0. The quantitative estimate of drug-likeness (QED) is 0.844. The van der Waals surface area contributed by atoms with Gasteiger partial charge >= 0.3 is 5.97 Å². The van der Waals surface area contributed by atoms with Gasteiger partial charge in [0.25, 0.3) is 5.56 Å². The number of rotatable bonds is 1. The lowest BCUT2D eigenvalue weighted by Crippen LogP contribution is -2.19. The maximum Gasteiger partial charge on any atom is 0.360 e. The molecule has 2 aromatic rings. The topological polar surface area (TPSA) is 83.0 Å². The Hall–Kier alpha value is -1.40. The van der Waals surface area contributed by atoms with E-state index in [1.807, 2.05) is 0 Å². The van der Waals surface area contributed by atoms with Crippen molar-refractivity contribution in [2.24, 2.45) is 0 Å². The number of nitrogens with one attached hydrogen (secondary N) is 1. The van der Waals surface area contributed by atoms with Gasteiger partial charge in [-0.05, 0) is 28.1 Å². The maximum atomic E-state index is 11.3. The summed E-state index contributed by atoms with van der Waals surface area (Å²) in [6.45, 7) is 0. The summed E-state index contributed by atoms with van der Waals surface area (Å²) in [6, 6.07) is 3.04. The second-order valence-corrected chi connectivity index (χ2v) is 4.26. The standard InChI is InChI=1S/C9H4BrClN2O3/c10-3-1-5-6(2-4(3)11)12-7(9(15)16)8(14)13-5/h1-2H,(H,13,14)(H,15,16). The molecule has 0 atom stereocenters. The first-order valence-corrected chi connectivity index (χ1v) is 5.28. The highest BCUT2D eigenvalue weighted by atomic mass is 79.9. The molecule has 0 unspecified atom stereocenters. The third kappa shape index (κ3) is 1.81. The number of carboxylic acid groups (broad SMARTS) is 1. The van der Waals surface area contributed by atoms with Gasteiger partial charge in [-0.25, -0.2) is 9.78 Å². The highest BCUT2D eigenvalue weighted by molar-refractivity contribution is 9.10. The first-order chi connectivity index (χ1) is 7.49. The zero-order valence-corrected chi connectivity index (χ0v) is 9.96. The molecule has 1 aromatic heterocycles. The lowest BCUT2D eigenvalue weighted by atomic mass is 10.3. The van der Waals surface area contributed by atoms with E-state index in [9.17, 15) is 9.59 Å². The first-order valence-electron chi connectivity index (χ1n) is 4.11. The summed E-state index contributed by atoms with van der Waals surface area (Å²) in [5.74, 6) is -1.37. The second kappa shape index (κ2) is 3.88. The van der Waals surface area contributed by atoms with Crippen molar-refractivity contribution >= 4 is 44.5 Å². The summed E-state index contributed by atoms with van der Waals surface area (Å²) in [5, 5.41) is 9.12. The molecule has 82 valence electrons. The molecule has 2 rings (SSSR count). The number of aromatic carboxylic acids is 1. The van der Waals surface area contributed by atoms with Crippen molar-refractivity contribution in [1.82, 2.24) is 9.97 Å². The van der Waals surface area contributed by atoms with Crippen LogP contribution < -0.4 is 5.56 Å². The first kappa shape index (κ1) is 11.1. The number of aromatic amines is 1. The average Bonchev–Trinajstić information content (AvgIpc) is 2.19. The van der Waals surface area contributed by atoms with Crippen molar-refractivity contribution < 1.29 is 9.90 Å². The molecular weight excluding hydrogens is 299 g/mol. The maximum absolute atomic E-state index is 11.3. The van der Waals surface area contributed by atoms with E-state index in [-0.39, 0.29) is 0 Å². The highest BCUT2D eigenvalue weighted by Gasteiger charge is 2.12. The van der Waals surface area contributed by atoms with Crippen LogP contribution in [0.3, 0.4) is 0 Å². The minimum absolute atomic E-state index is 0.324. The van der Waals surface area contributed by atoms with E-state index >= 15 is 0 Å². The van der Waals surface area contributed by atoms with Gasteiger partial charge in [-0.2, -0.15) is 0 Å². The molecule has 0 saturated heterocycles. The van der Waals surface area contributed by atoms with Crippen LogP contribution in [0.1, 0.15) is 10.5 Å². The van der Waals surface area contributed by atoms with Crippen LogP contribution >= 0.6 is 27.5 Å². The van der Waals surface area contributed by atoms with Crippen molar-refractivity contribution in [3.63, 3.8) is 0 Å². The Morgan fingerprint density at radius 1 is 1.50 bits per heavy atom. The van der Waals surface area contributed by atoms with Crippen LogP contribution in [0.4, 0.5) is 0 Å². The molecule has 0 spiro atoms. The SMILES string of the molecule is O=C(O)c1nc2cc(Cl)c(Br)cc2[nH]c1=O. The molecule has 2 N–H and O–H groups in total. The molecule has 0 aliphatic carbocycles. The van der Waals surface area contributed by atoms with Crippen molar-refractivity contribution in [3.8, 4) is 0 Å². The zero-order valence-electron chi connectivity index (χ0n) is 7.62. The monoisotopic (exact) mass is 302 g/mol. The minimum atomic E-state index is -1.37. The highest BCUT2D eigenvalue weighted by Crippen LogP contribution is 2.25. The Morgan fingerprint density at radius 3 is 2.81 bits per heavy atom. The molecule has 7 heteroatoms. The summed E-state index contributed by atoms with van der Waals surface area (Å²) in [4.78, 5) is 28.2. The molecule has 0 radical (unpaired) electrons. The Balaban J connectivity index is 2.85. The molecule has 1 heterocycles. The van der Waals surface area contributed by atoms with Crippen LogP contribution in [0.25, 0.3) is 11.0 Å². The van der Waals surface area contributed by atoms with Crippen LogP contribution in [-0.2, 0) is 0 Å². The predicted octanol–water partition coefficient (Wildman–Crippen LogP) is 2.04. The predicted molar refractivity (Wildman–Crippen MR) is 62.0 cm³/mol. The fourth-order valence-corrected chi connectivity index (χ4v) is 1.73. The fourth-order valence-electron chi connectivity index (χ4n) is 1.23. The normalized spacial score (nSPS) is 10.6. The lowest BCUT2D eigenvalue weighted by Gasteiger charge is -2.01. The number of H-pyrrole nitrogens is 1. The molecule has 0 bridgehead atoms. The molecule has 0 aliphatic rings. The zero-order chi connectivity index (χ0) is 11.9. The van der Waals surface area contributed by atoms with Gasteiger partial charge in [0.2, 0.25) is 5.69 Å². The Bertz CT molecular complexity index is 653. The van der Waals surface area contributed by atoms with E-state index in [0.717, 1.165) is 0 Å².